The summed E-state index contributed by atoms with van der Waals surface area (Å²) in [6.45, 7) is 9.73. The van der Waals surface area contributed by atoms with Gasteiger partial charge in [-0.25, -0.2) is 0 Å². The summed E-state index contributed by atoms with van der Waals surface area (Å²) >= 11 is 0. The van der Waals surface area contributed by atoms with E-state index in [4.69, 9.17) is 4.74 Å². The zero-order valence-corrected chi connectivity index (χ0v) is 14.2. The number of aliphatic imine (C=N–C) groups is 1. The van der Waals surface area contributed by atoms with Gasteiger partial charge in [-0.15, -0.1) is 0 Å². The molecule has 1 spiro atoms. The second-order valence-corrected chi connectivity index (χ2v) is 6.82. The lowest BCUT2D eigenvalue weighted by Crippen LogP contribution is -2.43. The van der Waals surface area contributed by atoms with Crippen molar-refractivity contribution in [2.45, 2.75) is 52.4 Å². The topological polar surface area (TPSA) is 36.9 Å². The minimum Gasteiger partial charge on any atom is -0.381 e. The molecule has 21 heavy (non-hydrogen) atoms. The van der Waals surface area contributed by atoms with Gasteiger partial charge in [-0.3, -0.25) is 4.99 Å². The first-order chi connectivity index (χ1) is 10.2. The number of nitrogens with one attached hydrogen (secondary N) is 1. The highest BCUT2D eigenvalue weighted by Gasteiger charge is 2.42. The molecule has 0 amide bonds. The Morgan fingerprint density at radius 3 is 2.86 bits per heavy atom. The van der Waals surface area contributed by atoms with Crippen molar-refractivity contribution in [1.29, 1.82) is 0 Å². The number of hydrogen-bond acceptors (Lipinski definition) is 2. The number of hydrogen-bond donors (Lipinski definition) is 1. The quantitative estimate of drug-likeness (QED) is 0.605. The number of guanidine groups is 1. The van der Waals surface area contributed by atoms with Gasteiger partial charge in [0.15, 0.2) is 5.96 Å². The summed E-state index contributed by atoms with van der Waals surface area (Å²) in [7, 11) is 1.91. The minimum atomic E-state index is 0.407. The standard InChI is InChI=1S/C17H33N3O/c1-4-6-7-15(5-2)12-19-16(18-3)20-10-8-17(13-20)9-11-21-14-17/h15H,4-14H2,1-3H3,(H,18,19). The molecule has 0 aromatic rings. The maximum Gasteiger partial charge on any atom is 0.193 e. The molecule has 2 fully saturated rings. The van der Waals surface area contributed by atoms with E-state index >= 15 is 0 Å². The molecule has 0 aliphatic carbocycles. The van der Waals surface area contributed by atoms with Crippen LogP contribution >= 0.6 is 0 Å². The smallest absolute Gasteiger partial charge is 0.193 e. The Morgan fingerprint density at radius 2 is 2.24 bits per heavy atom. The van der Waals surface area contributed by atoms with E-state index in [-0.39, 0.29) is 0 Å². The molecule has 2 saturated heterocycles. The van der Waals surface area contributed by atoms with Crippen LogP contribution in [0.25, 0.3) is 0 Å². The molecule has 1 N–H and O–H groups in total. The van der Waals surface area contributed by atoms with Gasteiger partial charge in [0.1, 0.15) is 0 Å². The lowest BCUT2D eigenvalue weighted by atomic mass is 9.87. The van der Waals surface area contributed by atoms with Crippen LogP contribution in [0.5, 0.6) is 0 Å². The van der Waals surface area contributed by atoms with Crippen molar-refractivity contribution in [3.8, 4) is 0 Å². The summed E-state index contributed by atoms with van der Waals surface area (Å²) in [5.41, 5.74) is 0.407. The SMILES string of the molecule is CCCCC(CC)CNC(=NC)N1CCC2(CCOC2)C1. The highest BCUT2D eigenvalue weighted by Crippen LogP contribution is 2.38. The van der Waals surface area contributed by atoms with Crippen LogP contribution in [0.3, 0.4) is 0 Å². The molecule has 122 valence electrons. The Labute approximate surface area is 130 Å². The fourth-order valence-corrected chi connectivity index (χ4v) is 3.60. The van der Waals surface area contributed by atoms with E-state index in [2.05, 4.69) is 29.1 Å². The molecule has 2 rings (SSSR count). The van der Waals surface area contributed by atoms with Crippen LogP contribution in [-0.2, 0) is 4.74 Å². The van der Waals surface area contributed by atoms with E-state index in [0.29, 0.717) is 5.41 Å². The highest BCUT2D eigenvalue weighted by molar-refractivity contribution is 5.80. The summed E-state index contributed by atoms with van der Waals surface area (Å²) < 4.78 is 5.62. The number of ether oxygens (including phenoxy) is 1. The van der Waals surface area contributed by atoms with Crippen molar-refractivity contribution in [1.82, 2.24) is 10.2 Å². The summed E-state index contributed by atoms with van der Waals surface area (Å²) in [6.07, 6.45) is 7.68. The van der Waals surface area contributed by atoms with Gasteiger partial charge in [-0.2, -0.15) is 0 Å². The summed E-state index contributed by atoms with van der Waals surface area (Å²) in [4.78, 5) is 6.93. The predicted octanol–water partition coefficient (Wildman–Crippen LogP) is 2.89. The lowest BCUT2D eigenvalue weighted by Gasteiger charge is -2.26. The lowest BCUT2D eigenvalue weighted by molar-refractivity contribution is 0.156. The van der Waals surface area contributed by atoms with Gasteiger partial charge in [0.2, 0.25) is 0 Å². The summed E-state index contributed by atoms with van der Waals surface area (Å²) in [6, 6.07) is 0. The largest absolute Gasteiger partial charge is 0.381 e. The van der Waals surface area contributed by atoms with Gasteiger partial charge in [0.25, 0.3) is 0 Å². The number of likely N-dealkylation sites (tertiary alicyclic amines) is 1. The summed E-state index contributed by atoms with van der Waals surface area (Å²) in [5, 5.41) is 3.61. The highest BCUT2D eigenvalue weighted by atomic mass is 16.5. The first kappa shape index (κ1) is 16.6. The Hall–Kier alpha value is -0.770. The fourth-order valence-electron chi connectivity index (χ4n) is 3.60. The Bertz CT molecular complexity index is 337. The average molecular weight is 295 g/mol. The predicted molar refractivity (Wildman–Crippen MR) is 88.7 cm³/mol. The zero-order chi connectivity index (χ0) is 15.1. The molecule has 2 unspecified atom stereocenters. The maximum atomic E-state index is 5.62. The van der Waals surface area contributed by atoms with Crippen molar-refractivity contribution in [3.05, 3.63) is 0 Å². The molecule has 2 aliphatic heterocycles. The van der Waals surface area contributed by atoms with Gasteiger partial charge in [-0.1, -0.05) is 33.1 Å². The third kappa shape index (κ3) is 4.35. The fraction of sp³-hybridized carbons (Fsp3) is 0.941. The Balaban J connectivity index is 1.80. The molecule has 0 aromatic carbocycles. The van der Waals surface area contributed by atoms with E-state index < -0.39 is 0 Å². The van der Waals surface area contributed by atoms with Crippen LogP contribution < -0.4 is 5.32 Å². The van der Waals surface area contributed by atoms with E-state index in [1.165, 1.54) is 38.5 Å². The molecule has 0 radical (unpaired) electrons. The molecular weight excluding hydrogens is 262 g/mol. The van der Waals surface area contributed by atoms with Crippen LogP contribution in [0.1, 0.15) is 52.4 Å². The minimum absolute atomic E-state index is 0.407. The zero-order valence-electron chi connectivity index (χ0n) is 14.2. The molecule has 4 heteroatoms. The van der Waals surface area contributed by atoms with Crippen LogP contribution in [-0.4, -0.2) is 50.8 Å². The first-order valence-corrected chi connectivity index (χ1v) is 8.76. The summed E-state index contributed by atoms with van der Waals surface area (Å²) in [5.74, 6) is 1.86. The molecule has 0 aromatic heterocycles. The molecule has 0 saturated carbocycles. The van der Waals surface area contributed by atoms with E-state index in [1.807, 2.05) is 7.05 Å². The molecule has 0 bridgehead atoms. The van der Waals surface area contributed by atoms with Gasteiger partial charge in [-0.05, 0) is 25.2 Å². The van der Waals surface area contributed by atoms with Gasteiger partial charge < -0.3 is 15.0 Å². The Kier molecular flexibility index (Phi) is 6.34. The van der Waals surface area contributed by atoms with Crippen LogP contribution in [0.2, 0.25) is 0 Å². The van der Waals surface area contributed by atoms with Crippen molar-refractivity contribution in [2.75, 3.05) is 39.9 Å². The Morgan fingerprint density at radius 1 is 1.38 bits per heavy atom. The molecule has 4 nitrogen and oxygen atoms in total. The molecular formula is C17H33N3O. The normalized spacial score (nSPS) is 27.6. The van der Waals surface area contributed by atoms with Gasteiger partial charge in [0.05, 0.1) is 6.61 Å². The molecule has 2 aliphatic rings. The van der Waals surface area contributed by atoms with Gasteiger partial charge >= 0.3 is 0 Å². The first-order valence-electron chi connectivity index (χ1n) is 8.76. The van der Waals surface area contributed by atoms with E-state index in [0.717, 1.165) is 44.7 Å². The second kappa shape index (κ2) is 8.02. The maximum absolute atomic E-state index is 5.62. The third-order valence-corrected chi connectivity index (χ3v) is 5.23. The van der Waals surface area contributed by atoms with Crippen LogP contribution in [0.15, 0.2) is 4.99 Å². The molecule has 2 atom stereocenters. The van der Waals surface area contributed by atoms with Crippen molar-refractivity contribution < 1.29 is 4.74 Å². The van der Waals surface area contributed by atoms with E-state index in [1.54, 1.807) is 0 Å². The van der Waals surface area contributed by atoms with Crippen molar-refractivity contribution >= 4 is 5.96 Å². The van der Waals surface area contributed by atoms with E-state index in [9.17, 15) is 0 Å². The van der Waals surface area contributed by atoms with Crippen LogP contribution in [0, 0.1) is 11.3 Å². The molecule has 2 heterocycles. The van der Waals surface area contributed by atoms with Crippen molar-refractivity contribution in [3.63, 3.8) is 0 Å². The second-order valence-electron chi connectivity index (χ2n) is 6.82. The van der Waals surface area contributed by atoms with Crippen molar-refractivity contribution in [2.24, 2.45) is 16.3 Å². The monoisotopic (exact) mass is 295 g/mol. The van der Waals surface area contributed by atoms with Gasteiger partial charge in [0, 0.05) is 38.7 Å². The number of unbranched alkanes of at least 4 members (excludes halogenated alkanes) is 1. The number of rotatable bonds is 6. The average Bonchev–Trinajstić information content (AvgIpc) is 3.14. The number of nitrogens with zero attached hydrogens (tertiary/aromatic N) is 2. The third-order valence-electron chi connectivity index (χ3n) is 5.23. The van der Waals surface area contributed by atoms with Crippen LogP contribution in [0.4, 0.5) is 0 Å².